The van der Waals surface area contributed by atoms with Gasteiger partial charge in [-0.1, -0.05) is 36.2 Å². The molecule has 0 atom stereocenters. The number of pyridine rings is 1. The molecule has 0 fully saturated rings. The molecule has 18 heavy (non-hydrogen) atoms. The molecule has 1 aromatic heterocycles. The summed E-state index contributed by atoms with van der Waals surface area (Å²) in [6.07, 6.45) is 0. The van der Waals surface area contributed by atoms with E-state index in [-0.39, 0.29) is 6.61 Å². The lowest BCUT2D eigenvalue weighted by atomic mass is 10.2. The SMILES string of the molecule is CCN(CCOCCO)Cc1ccc(Cl)nc1Cl. The van der Waals surface area contributed by atoms with E-state index in [0.717, 1.165) is 18.7 Å². The molecule has 0 saturated carbocycles. The fraction of sp³-hybridized carbons (Fsp3) is 0.583. The Morgan fingerprint density at radius 1 is 1.33 bits per heavy atom. The van der Waals surface area contributed by atoms with Crippen molar-refractivity contribution in [2.75, 3.05) is 32.9 Å². The van der Waals surface area contributed by atoms with Crippen molar-refractivity contribution in [3.05, 3.63) is 28.0 Å². The number of likely N-dealkylation sites (N-methyl/N-ethyl adjacent to an activating group) is 1. The van der Waals surface area contributed by atoms with Crippen LogP contribution in [0.3, 0.4) is 0 Å². The summed E-state index contributed by atoms with van der Waals surface area (Å²) in [7, 11) is 0. The van der Waals surface area contributed by atoms with Crippen LogP contribution in [0.4, 0.5) is 0 Å². The molecule has 0 spiro atoms. The largest absolute Gasteiger partial charge is 0.394 e. The first kappa shape index (κ1) is 15.7. The van der Waals surface area contributed by atoms with Crippen LogP contribution in [-0.2, 0) is 11.3 Å². The number of aliphatic hydroxyl groups is 1. The van der Waals surface area contributed by atoms with E-state index in [1.54, 1.807) is 6.07 Å². The summed E-state index contributed by atoms with van der Waals surface area (Å²) in [5.74, 6) is 0. The van der Waals surface area contributed by atoms with E-state index in [1.165, 1.54) is 0 Å². The monoisotopic (exact) mass is 292 g/mol. The highest BCUT2D eigenvalue weighted by molar-refractivity contribution is 6.32. The molecule has 0 aliphatic rings. The van der Waals surface area contributed by atoms with E-state index in [0.29, 0.717) is 30.1 Å². The number of rotatable bonds is 8. The van der Waals surface area contributed by atoms with Gasteiger partial charge in [0.05, 0.1) is 19.8 Å². The molecular weight excluding hydrogens is 275 g/mol. The van der Waals surface area contributed by atoms with Crippen molar-refractivity contribution in [2.45, 2.75) is 13.5 Å². The highest BCUT2D eigenvalue weighted by atomic mass is 35.5. The molecule has 1 N–H and O–H groups in total. The molecule has 1 heterocycles. The first-order valence-corrected chi connectivity index (χ1v) is 6.64. The van der Waals surface area contributed by atoms with Crippen LogP contribution < -0.4 is 0 Å². The first-order valence-electron chi connectivity index (χ1n) is 5.89. The molecule has 102 valence electrons. The maximum Gasteiger partial charge on any atom is 0.135 e. The minimum Gasteiger partial charge on any atom is -0.394 e. The molecule has 0 radical (unpaired) electrons. The van der Waals surface area contributed by atoms with Crippen molar-refractivity contribution >= 4 is 23.2 Å². The summed E-state index contributed by atoms with van der Waals surface area (Å²) in [5.41, 5.74) is 0.949. The van der Waals surface area contributed by atoms with Gasteiger partial charge in [0.1, 0.15) is 10.3 Å². The van der Waals surface area contributed by atoms with Crippen LogP contribution in [0, 0.1) is 0 Å². The number of hydrogen-bond acceptors (Lipinski definition) is 4. The molecular formula is C12H18Cl2N2O2. The topological polar surface area (TPSA) is 45.6 Å². The smallest absolute Gasteiger partial charge is 0.135 e. The number of halogens is 2. The highest BCUT2D eigenvalue weighted by Crippen LogP contribution is 2.18. The average Bonchev–Trinajstić information content (AvgIpc) is 2.35. The van der Waals surface area contributed by atoms with Crippen LogP contribution in [-0.4, -0.2) is 47.9 Å². The van der Waals surface area contributed by atoms with Crippen molar-refractivity contribution in [3.8, 4) is 0 Å². The van der Waals surface area contributed by atoms with Gasteiger partial charge in [-0.3, -0.25) is 4.90 Å². The maximum atomic E-state index is 8.61. The zero-order valence-corrected chi connectivity index (χ0v) is 11.9. The van der Waals surface area contributed by atoms with Gasteiger partial charge in [0.25, 0.3) is 0 Å². The second-order valence-electron chi connectivity index (χ2n) is 3.79. The Morgan fingerprint density at radius 3 is 2.72 bits per heavy atom. The van der Waals surface area contributed by atoms with Crippen molar-refractivity contribution in [2.24, 2.45) is 0 Å². The molecule has 4 nitrogen and oxygen atoms in total. The second-order valence-corrected chi connectivity index (χ2v) is 4.53. The van der Waals surface area contributed by atoms with Crippen LogP contribution in [0.15, 0.2) is 12.1 Å². The summed E-state index contributed by atoms with van der Waals surface area (Å²) in [6, 6.07) is 3.62. The van der Waals surface area contributed by atoms with Crippen LogP contribution in [0.2, 0.25) is 10.3 Å². The summed E-state index contributed by atoms with van der Waals surface area (Å²) in [4.78, 5) is 6.20. The van der Waals surface area contributed by atoms with Gasteiger partial charge in [0, 0.05) is 18.7 Å². The summed E-state index contributed by atoms with van der Waals surface area (Å²) in [5, 5.41) is 9.45. The van der Waals surface area contributed by atoms with Crippen LogP contribution in [0.25, 0.3) is 0 Å². The molecule has 0 aliphatic heterocycles. The van der Waals surface area contributed by atoms with Crippen molar-refractivity contribution in [3.63, 3.8) is 0 Å². The summed E-state index contributed by atoms with van der Waals surface area (Å²) in [6.45, 7) is 5.48. The van der Waals surface area contributed by atoms with Gasteiger partial charge in [-0.15, -0.1) is 0 Å². The molecule has 6 heteroatoms. The van der Waals surface area contributed by atoms with E-state index >= 15 is 0 Å². The number of ether oxygens (including phenoxy) is 1. The Balaban J connectivity index is 2.46. The van der Waals surface area contributed by atoms with Crippen molar-refractivity contribution in [1.82, 2.24) is 9.88 Å². The lowest BCUT2D eigenvalue weighted by molar-refractivity contribution is 0.0732. The Morgan fingerprint density at radius 2 is 2.11 bits per heavy atom. The number of nitrogens with zero attached hydrogens (tertiary/aromatic N) is 2. The van der Waals surface area contributed by atoms with E-state index in [9.17, 15) is 0 Å². The summed E-state index contributed by atoms with van der Waals surface area (Å²) < 4.78 is 5.24. The fourth-order valence-corrected chi connectivity index (χ4v) is 1.91. The second kappa shape index (κ2) is 8.67. The molecule has 0 amide bonds. The molecule has 1 rings (SSSR count). The number of aromatic nitrogens is 1. The maximum absolute atomic E-state index is 8.61. The zero-order valence-electron chi connectivity index (χ0n) is 10.4. The molecule has 0 bridgehead atoms. The predicted octanol–water partition coefficient (Wildman–Crippen LogP) is 2.22. The van der Waals surface area contributed by atoms with Gasteiger partial charge in [0.15, 0.2) is 0 Å². The minimum atomic E-state index is 0.0546. The predicted molar refractivity (Wildman–Crippen MR) is 73.1 cm³/mol. The molecule has 1 aromatic rings. The number of aliphatic hydroxyl groups excluding tert-OH is 1. The van der Waals surface area contributed by atoms with Gasteiger partial charge >= 0.3 is 0 Å². The van der Waals surface area contributed by atoms with Crippen LogP contribution in [0.1, 0.15) is 12.5 Å². The third-order valence-corrected chi connectivity index (χ3v) is 3.06. The third kappa shape index (κ3) is 5.50. The lowest BCUT2D eigenvalue weighted by Gasteiger charge is -2.20. The summed E-state index contributed by atoms with van der Waals surface area (Å²) >= 11 is 11.8. The molecule has 0 aliphatic carbocycles. The van der Waals surface area contributed by atoms with Gasteiger partial charge in [0.2, 0.25) is 0 Å². The van der Waals surface area contributed by atoms with Gasteiger partial charge in [-0.25, -0.2) is 4.98 Å². The molecule has 0 unspecified atom stereocenters. The number of hydrogen-bond donors (Lipinski definition) is 1. The third-order valence-electron chi connectivity index (χ3n) is 2.52. The van der Waals surface area contributed by atoms with E-state index in [4.69, 9.17) is 33.0 Å². The van der Waals surface area contributed by atoms with Gasteiger partial charge in [-0.05, 0) is 12.6 Å². The van der Waals surface area contributed by atoms with Gasteiger partial charge < -0.3 is 9.84 Å². The minimum absolute atomic E-state index is 0.0546. The van der Waals surface area contributed by atoms with Crippen molar-refractivity contribution < 1.29 is 9.84 Å². The molecule has 0 saturated heterocycles. The Kier molecular flexibility index (Phi) is 7.54. The van der Waals surface area contributed by atoms with Crippen molar-refractivity contribution in [1.29, 1.82) is 0 Å². The Hall–Kier alpha value is -0.390. The zero-order chi connectivity index (χ0) is 13.4. The quantitative estimate of drug-likeness (QED) is 0.589. The van der Waals surface area contributed by atoms with Gasteiger partial charge in [-0.2, -0.15) is 0 Å². The lowest BCUT2D eigenvalue weighted by Crippen LogP contribution is -2.27. The Bertz CT molecular complexity index is 364. The van der Waals surface area contributed by atoms with Crippen LogP contribution >= 0.6 is 23.2 Å². The Labute approximate surface area is 117 Å². The first-order chi connectivity index (χ1) is 8.67. The van der Waals surface area contributed by atoms with E-state index in [2.05, 4.69) is 16.8 Å². The normalized spacial score (nSPS) is 11.2. The average molecular weight is 293 g/mol. The van der Waals surface area contributed by atoms with Crippen LogP contribution in [0.5, 0.6) is 0 Å². The molecule has 0 aromatic carbocycles. The fourth-order valence-electron chi connectivity index (χ4n) is 1.51. The standard InChI is InChI=1S/C12H18Cl2N2O2/c1-2-16(5-7-18-8-6-17)9-10-3-4-11(13)15-12(10)14/h3-4,17H,2,5-9H2,1H3. The van der Waals surface area contributed by atoms with E-state index in [1.807, 2.05) is 6.07 Å². The van der Waals surface area contributed by atoms with E-state index < -0.39 is 0 Å². The highest BCUT2D eigenvalue weighted by Gasteiger charge is 2.08.